The first-order valence-electron chi connectivity index (χ1n) is 8.21. The SMILES string of the molecule is O=C(O)c1ccnc2ccc(OCCCN3CCCCC3)cc12. The van der Waals surface area contributed by atoms with Crippen molar-refractivity contribution >= 4 is 16.9 Å². The highest BCUT2D eigenvalue weighted by atomic mass is 16.5. The average Bonchev–Trinajstić information content (AvgIpc) is 2.59. The number of carboxylic acid groups (broad SMARTS) is 1. The zero-order valence-electron chi connectivity index (χ0n) is 13.2. The van der Waals surface area contributed by atoms with Crippen LogP contribution in [-0.2, 0) is 0 Å². The molecule has 1 N–H and O–H groups in total. The number of fused-ring (bicyclic) bond motifs is 1. The van der Waals surface area contributed by atoms with Gasteiger partial charge < -0.3 is 14.7 Å². The van der Waals surface area contributed by atoms with Gasteiger partial charge in [-0.2, -0.15) is 0 Å². The lowest BCUT2D eigenvalue weighted by Gasteiger charge is -2.26. The van der Waals surface area contributed by atoms with Crippen LogP contribution in [0.5, 0.6) is 5.75 Å². The lowest BCUT2D eigenvalue weighted by atomic mass is 10.1. The smallest absolute Gasteiger partial charge is 0.336 e. The minimum Gasteiger partial charge on any atom is -0.494 e. The summed E-state index contributed by atoms with van der Waals surface area (Å²) in [5.74, 6) is -0.244. The number of aromatic nitrogens is 1. The molecule has 0 bridgehead atoms. The maximum absolute atomic E-state index is 11.3. The van der Waals surface area contributed by atoms with Crippen LogP contribution in [0.3, 0.4) is 0 Å². The van der Waals surface area contributed by atoms with E-state index in [2.05, 4.69) is 9.88 Å². The van der Waals surface area contributed by atoms with Crippen molar-refractivity contribution in [2.75, 3.05) is 26.2 Å². The number of pyridine rings is 1. The Bertz CT molecular complexity index is 681. The van der Waals surface area contributed by atoms with E-state index in [9.17, 15) is 9.90 Å². The van der Waals surface area contributed by atoms with Gasteiger partial charge in [0.2, 0.25) is 0 Å². The molecule has 5 nitrogen and oxygen atoms in total. The molecule has 2 heterocycles. The number of carbonyl (C=O) groups is 1. The molecule has 0 atom stereocenters. The molecule has 23 heavy (non-hydrogen) atoms. The summed E-state index contributed by atoms with van der Waals surface area (Å²) in [6, 6.07) is 6.95. The maximum Gasteiger partial charge on any atom is 0.336 e. The molecule has 1 aromatic heterocycles. The van der Waals surface area contributed by atoms with Crippen LogP contribution >= 0.6 is 0 Å². The molecule has 1 aliphatic heterocycles. The zero-order chi connectivity index (χ0) is 16.1. The van der Waals surface area contributed by atoms with Crippen molar-refractivity contribution in [3.8, 4) is 5.75 Å². The number of aromatic carboxylic acids is 1. The molecule has 1 aliphatic rings. The van der Waals surface area contributed by atoms with E-state index < -0.39 is 5.97 Å². The molecule has 2 aromatic rings. The summed E-state index contributed by atoms with van der Waals surface area (Å²) in [7, 11) is 0. The van der Waals surface area contributed by atoms with E-state index in [4.69, 9.17) is 4.74 Å². The van der Waals surface area contributed by atoms with Gasteiger partial charge in [0.05, 0.1) is 17.7 Å². The van der Waals surface area contributed by atoms with E-state index in [0.29, 0.717) is 23.3 Å². The summed E-state index contributed by atoms with van der Waals surface area (Å²) in [5, 5.41) is 9.88. The van der Waals surface area contributed by atoms with Gasteiger partial charge in [-0.05, 0) is 56.6 Å². The van der Waals surface area contributed by atoms with Crippen molar-refractivity contribution in [1.29, 1.82) is 0 Å². The fraction of sp³-hybridized carbons (Fsp3) is 0.444. The summed E-state index contributed by atoms with van der Waals surface area (Å²) in [5.41, 5.74) is 0.930. The molecular weight excluding hydrogens is 292 g/mol. The second-order valence-corrected chi connectivity index (χ2v) is 5.95. The normalized spacial score (nSPS) is 15.7. The summed E-state index contributed by atoms with van der Waals surface area (Å²) in [6.45, 7) is 4.10. The Balaban J connectivity index is 1.59. The van der Waals surface area contributed by atoms with Crippen LogP contribution in [0, 0.1) is 0 Å². The maximum atomic E-state index is 11.3. The van der Waals surface area contributed by atoms with Gasteiger partial charge in [0.15, 0.2) is 0 Å². The summed E-state index contributed by atoms with van der Waals surface area (Å²) in [6.07, 6.45) is 6.46. The van der Waals surface area contributed by atoms with Gasteiger partial charge in [-0.1, -0.05) is 6.42 Å². The minimum absolute atomic E-state index is 0.258. The van der Waals surface area contributed by atoms with Crippen LogP contribution in [0.1, 0.15) is 36.0 Å². The van der Waals surface area contributed by atoms with Crippen molar-refractivity contribution in [1.82, 2.24) is 9.88 Å². The van der Waals surface area contributed by atoms with Crippen LogP contribution in [0.15, 0.2) is 30.5 Å². The number of piperidine rings is 1. The standard InChI is InChI=1S/C18H22N2O3/c21-18(22)15-7-8-19-17-6-5-14(13-16(15)17)23-12-4-11-20-9-2-1-3-10-20/h5-8,13H,1-4,9-12H2,(H,21,22). The Morgan fingerprint density at radius 1 is 1.22 bits per heavy atom. The molecule has 0 amide bonds. The molecule has 3 rings (SSSR count). The summed E-state index contributed by atoms with van der Waals surface area (Å²) >= 11 is 0. The van der Waals surface area contributed by atoms with Crippen molar-refractivity contribution in [2.24, 2.45) is 0 Å². The minimum atomic E-state index is -0.945. The summed E-state index contributed by atoms with van der Waals surface area (Å²) < 4.78 is 5.79. The Morgan fingerprint density at radius 3 is 2.83 bits per heavy atom. The number of hydrogen-bond acceptors (Lipinski definition) is 4. The van der Waals surface area contributed by atoms with E-state index in [1.807, 2.05) is 12.1 Å². The van der Waals surface area contributed by atoms with E-state index in [-0.39, 0.29) is 5.56 Å². The third-order valence-corrected chi connectivity index (χ3v) is 4.28. The molecule has 122 valence electrons. The van der Waals surface area contributed by atoms with E-state index in [1.54, 1.807) is 6.07 Å². The number of ether oxygens (including phenoxy) is 1. The largest absolute Gasteiger partial charge is 0.494 e. The molecule has 0 aliphatic carbocycles. The Labute approximate surface area is 135 Å². The number of rotatable bonds is 6. The van der Waals surface area contributed by atoms with Gasteiger partial charge in [0, 0.05) is 18.1 Å². The first kappa shape index (κ1) is 15.7. The van der Waals surface area contributed by atoms with Gasteiger partial charge in [-0.15, -0.1) is 0 Å². The molecule has 5 heteroatoms. The Morgan fingerprint density at radius 2 is 2.04 bits per heavy atom. The van der Waals surface area contributed by atoms with E-state index in [1.165, 1.54) is 44.6 Å². The number of hydrogen-bond donors (Lipinski definition) is 1. The van der Waals surface area contributed by atoms with Crippen molar-refractivity contribution < 1.29 is 14.6 Å². The van der Waals surface area contributed by atoms with Crippen molar-refractivity contribution in [2.45, 2.75) is 25.7 Å². The fourth-order valence-corrected chi connectivity index (χ4v) is 3.06. The van der Waals surface area contributed by atoms with Crippen molar-refractivity contribution in [3.63, 3.8) is 0 Å². The molecule has 0 unspecified atom stereocenters. The van der Waals surface area contributed by atoms with Crippen molar-refractivity contribution in [3.05, 3.63) is 36.0 Å². The number of nitrogens with zero attached hydrogens (tertiary/aromatic N) is 2. The first-order valence-corrected chi connectivity index (χ1v) is 8.21. The van der Waals surface area contributed by atoms with E-state index in [0.717, 1.165) is 13.0 Å². The van der Waals surface area contributed by atoms with E-state index >= 15 is 0 Å². The molecule has 1 fully saturated rings. The van der Waals surface area contributed by atoms with Gasteiger partial charge in [0.1, 0.15) is 5.75 Å². The second-order valence-electron chi connectivity index (χ2n) is 5.95. The van der Waals surface area contributed by atoms with Crippen LogP contribution in [-0.4, -0.2) is 47.2 Å². The topological polar surface area (TPSA) is 62.7 Å². The first-order chi connectivity index (χ1) is 11.2. The highest BCUT2D eigenvalue weighted by molar-refractivity contribution is 6.02. The lowest BCUT2D eigenvalue weighted by molar-refractivity contribution is 0.0699. The average molecular weight is 314 g/mol. The molecule has 1 saturated heterocycles. The van der Waals surface area contributed by atoms with Crippen LogP contribution in [0.2, 0.25) is 0 Å². The van der Waals surface area contributed by atoms with Gasteiger partial charge in [0.25, 0.3) is 0 Å². The summed E-state index contributed by atoms with van der Waals surface area (Å²) in [4.78, 5) is 18.0. The van der Waals surface area contributed by atoms with Crippen LogP contribution in [0.25, 0.3) is 10.9 Å². The Hall–Kier alpha value is -2.14. The molecule has 1 aromatic carbocycles. The predicted molar refractivity (Wildman–Crippen MR) is 89.1 cm³/mol. The molecule has 0 saturated carbocycles. The zero-order valence-corrected chi connectivity index (χ0v) is 13.2. The quantitative estimate of drug-likeness (QED) is 0.830. The molecule has 0 spiro atoms. The molecule has 0 radical (unpaired) electrons. The highest BCUT2D eigenvalue weighted by Gasteiger charge is 2.11. The number of likely N-dealkylation sites (tertiary alicyclic amines) is 1. The third kappa shape index (κ3) is 3.99. The van der Waals surface area contributed by atoms with Gasteiger partial charge in [-0.3, -0.25) is 4.98 Å². The molecular formula is C18H22N2O3. The number of benzene rings is 1. The fourth-order valence-electron chi connectivity index (χ4n) is 3.06. The second kappa shape index (κ2) is 7.42. The highest BCUT2D eigenvalue weighted by Crippen LogP contribution is 2.23. The van der Waals surface area contributed by atoms with Gasteiger partial charge >= 0.3 is 5.97 Å². The van der Waals surface area contributed by atoms with Gasteiger partial charge in [-0.25, -0.2) is 4.79 Å². The third-order valence-electron chi connectivity index (χ3n) is 4.28. The Kier molecular flexibility index (Phi) is 5.08. The van der Waals surface area contributed by atoms with Crippen LogP contribution < -0.4 is 4.74 Å². The van der Waals surface area contributed by atoms with Crippen LogP contribution in [0.4, 0.5) is 0 Å². The monoisotopic (exact) mass is 314 g/mol. The number of carboxylic acids is 1. The lowest BCUT2D eigenvalue weighted by Crippen LogP contribution is -2.31. The predicted octanol–water partition coefficient (Wildman–Crippen LogP) is 3.19.